The second-order valence-electron chi connectivity index (χ2n) is 6.19. The Balaban J connectivity index is 1.85. The number of halogens is 2. The van der Waals surface area contributed by atoms with E-state index in [0.717, 1.165) is 4.47 Å². The number of hydrogen-bond acceptors (Lipinski definition) is 2. The Bertz CT molecular complexity index is 507. The first-order chi connectivity index (χ1) is 9.24. The van der Waals surface area contributed by atoms with E-state index in [1.807, 2.05) is 20.8 Å². The number of nitrogens with zero attached hydrogens (tertiary/aromatic N) is 1. The van der Waals surface area contributed by atoms with Gasteiger partial charge in [0.05, 0.1) is 0 Å². The highest BCUT2D eigenvalue weighted by Crippen LogP contribution is 2.25. The van der Waals surface area contributed by atoms with Gasteiger partial charge >= 0.3 is 6.09 Å². The number of ether oxygens (including phenoxy) is 1. The van der Waals surface area contributed by atoms with Crippen molar-refractivity contribution >= 4 is 22.0 Å². The third kappa shape index (κ3) is 3.95. The normalized spacial score (nSPS) is 15.9. The molecule has 0 atom stereocenters. The fraction of sp³-hybridized carbons (Fsp3) is 0.533. The van der Waals surface area contributed by atoms with Crippen LogP contribution in [0.25, 0.3) is 0 Å². The van der Waals surface area contributed by atoms with Crippen LogP contribution in [0, 0.1) is 11.7 Å². The van der Waals surface area contributed by atoms with Crippen LogP contribution in [0.5, 0.6) is 0 Å². The van der Waals surface area contributed by atoms with Gasteiger partial charge in [-0.25, -0.2) is 9.18 Å². The molecule has 1 fully saturated rings. The van der Waals surface area contributed by atoms with E-state index in [1.165, 1.54) is 6.07 Å². The topological polar surface area (TPSA) is 29.5 Å². The number of rotatable bonds is 2. The van der Waals surface area contributed by atoms with E-state index in [0.29, 0.717) is 31.0 Å². The zero-order chi connectivity index (χ0) is 14.9. The summed E-state index contributed by atoms with van der Waals surface area (Å²) in [5.41, 5.74) is 0.215. The van der Waals surface area contributed by atoms with Crippen molar-refractivity contribution in [3.63, 3.8) is 0 Å². The molecule has 1 aromatic rings. The van der Waals surface area contributed by atoms with Crippen molar-refractivity contribution in [1.82, 2.24) is 4.90 Å². The fourth-order valence-corrected chi connectivity index (χ4v) is 2.59. The SMILES string of the molecule is CC(C)(C)OC(=O)N1CC(Cc2cc(Br)ccc2F)C1. The summed E-state index contributed by atoms with van der Waals surface area (Å²) in [6.07, 6.45) is 0.355. The van der Waals surface area contributed by atoms with Crippen LogP contribution in [0.3, 0.4) is 0 Å². The number of carbonyl (C=O) groups is 1. The second-order valence-corrected chi connectivity index (χ2v) is 7.11. The summed E-state index contributed by atoms with van der Waals surface area (Å²) in [7, 11) is 0. The number of carbonyl (C=O) groups excluding carboxylic acids is 1. The average Bonchev–Trinajstić information content (AvgIpc) is 2.24. The van der Waals surface area contributed by atoms with Crippen molar-refractivity contribution < 1.29 is 13.9 Å². The second kappa shape index (κ2) is 5.72. The monoisotopic (exact) mass is 343 g/mol. The maximum absolute atomic E-state index is 13.6. The first-order valence-corrected chi connectivity index (χ1v) is 7.46. The van der Waals surface area contributed by atoms with Crippen LogP contribution in [0.4, 0.5) is 9.18 Å². The van der Waals surface area contributed by atoms with Gasteiger partial charge in [-0.15, -0.1) is 0 Å². The minimum atomic E-state index is -0.474. The molecular weight excluding hydrogens is 325 g/mol. The van der Waals surface area contributed by atoms with E-state index in [2.05, 4.69) is 15.9 Å². The summed E-state index contributed by atoms with van der Waals surface area (Å²) in [6, 6.07) is 4.95. The van der Waals surface area contributed by atoms with Crippen molar-refractivity contribution in [2.75, 3.05) is 13.1 Å². The molecule has 0 radical (unpaired) electrons. The van der Waals surface area contributed by atoms with Crippen LogP contribution in [0.1, 0.15) is 26.3 Å². The minimum Gasteiger partial charge on any atom is -0.444 e. The molecule has 3 nitrogen and oxygen atoms in total. The van der Waals surface area contributed by atoms with Gasteiger partial charge in [0.15, 0.2) is 0 Å². The van der Waals surface area contributed by atoms with Gasteiger partial charge in [0.2, 0.25) is 0 Å². The molecule has 1 aliphatic heterocycles. The van der Waals surface area contributed by atoms with Crippen LogP contribution < -0.4 is 0 Å². The lowest BCUT2D eigenvalue weighted by Gasteiger charge is -2.40. The van der Waals surface area contributed by atoms with Crippen LogP contribution in [0.2, 0.25) is 0 Å². The molecule has 1 aliphatic rings. The molecule has 0 aromatic heterocycles. The van der Waals surface area contributed by atoms with Crippen LogP contribution in [0.15, 0.2) is 22.7 Å². The molecule has 110 valence electrons. The summed E-state index contributed by atoms with van der Waals surface area (Å²) in [6.45, 7) is 6.79. The summed E-state index contributed by atoms with van der Waals surface area (Å²) in [4.78, 5) is 13.4. The van der Waals surface area contributed by atoms with E-state index in [-0.39, 0.29) is 11.9 Å². The maximum atomic E-state index is 13.6. The first kappa shape index (κ1) is 15.3. The molecule has 5 heteroatoms. The fourth-order valence-electron chi connectivity index (χ4n) is 2.19. The third-order valence-electron chi connectivity index (χ3n) is 3.13. The van der Waals surface area contributed by atoms with Gasteiger partial charge in [-0.1, -0.05) is 15.9 Å². The van der Waals surface area contributed by atoms with Gasteiger partial charge in [-0.3, -0.25) is 0 Å². The van der Waals surface area contributed by atoms with E-state index in [1.54, 1.807) is 17.0 Å². The molecule has 0 unspecified atom stereocenters. The van der Waals surface area contributed by atoms with Gasteiger partial charge in [-0.05, 0) is 56.9 Å². The van der Waals surface area contributed by atoms with E-state index < -0.39 is 5.60 Å². The standard InChI is InChI=1S/C15H19BrFNO2/c1-15(2,3)20-14(19)18-8-10(9-18)6-11-7-12(16)4-5-13(11)17/h4-5,7,10H,6,8-9H2,1-3H3. The van der Waals surface area contributed by atoms with Gasteiger partial charge in [0.25, 0.3) is 0 Å². The number of benzene rings is 1. The highest BCUT2D eigenvalue weighted by Gasteiger charge is 2.33. The van der Waals surface area contributed by atoms with Crippen molar-refractivity contribution in [3.05, 3.63) is 34.1 Å². The third-order valence-corrected chi connectivity index (χ3v) is 3.62. The zero-order valence-electron chi connectivity index (χ0n) is 12.0. The molecular formula is C15H19BrFNO2. The Hall–Kier alpha value is -1.10. The van der Waals surface area contributed by atoms with Gasteiger partial charge in [0.1, 0.15) is 11.4 Å². The molecule has 0 N–H and O–H groups in total. The van der Waals surface area contributed by atoms with Crippen LogP contribution in [-0.2, 0) is 11.2 Å². The number of hydrogen-bond donors (Lipinski definition) is 0. The van der Waals surface area contributed by atoms with Crippen LogP contribution in [-0.4, -0.2) is 29.7 Å². The lowest BCUT2D eigenvalue weighted by atomic mass is 9.92. The summed E-state index contributed by atoms with van der Waals surface area (Å²) in [5, 5.41) is 0. The molecule has 1 aromatic carbocycles. The van der Waals surface area contributed by atoms with Gasteiger partial charge in [-0.2, -0.15) is 0 Å². The Labute approximate surface area is 127 Å². The highest BCUT2D eigenvalue weighted by atomic mass is 79.9. The zero-order valence-corrected chi connectivity index (χ0v) is 13.5. The van der Waals surface area contributed by atoms with E-state index in [9.17, 15) is 9.18 Å². The van der Waals surface area contributed by atoms with Crippen molar-refractivity contribution in [1.29, 1.82) is 0 Å². The lowest BCUT2D eigenvalue weighted by molar-refractivity contribution is -0.000960. The number of likely N-dealkylation sites (tertiary alicyclic amines) is 1. The minimum absolute atomic E-state index is 0.191. The lowest BCUT2D eigenvalue weighted by Crippen LogP contribution is -2.52. The summed E-state index contributed by atoms with van der Waals surface area (Å²) >= 11 is 3.34. The Kier molecular flexibility index (Phi) is 4.37. The average molecular weight is 344 g/mol. The van der Waals surface area contributed by atoms with Crippen molar-refractivity contribution in [2.24, 2.45) is 5.92 Å². The molecule has 0 aliphatic carbocycles. The molecule has 0 saturated carbocycles. The molecule has 1 saturated heterocycles. The first-order valence-electron chi connectivity index (χ1n) is 6.66. The quantitative estimate of drug-likeness (QED) is 0.812. The highest BCUT2D eigenvalue weighted by molar-refractivity contribution is 9.10. The van der Waals surface area contributed by atoms with Crippen molar-refractivity contribution in [2.45, 2.75) is 32.8 Å². The van der Waals surface area contributed by atoms with Gasteiger partial charge in [0, 0.05) is 17.6 Å². The van der Waals surface area contributed by atoms with Gasteiger partial charge < -0.3 is 9.64 Å². The molecule has 0 bridgehead atoms. The van der Waals surface area contributed by atoms with E-state index in [4.69, 9.17) is 4.74 Å². The Morgan fingerprint density at radius 1 is 1.45 bits per heavy atom. The Morgan fingerprint density at radius 3 is 2.70 bits per heavy atom. The van der Waals surface area contributed by atoms with Crippen molar-refractivity contribution in [3.8, 4) is 0 Å². The molecule has 1 amide bonds. The predicted octanol–water partition coefficient (Wildman–Crippen LogP) is 4.00. The smallest absolute Gasteiger partial charge is 0.410 e. The number of amides is 1. The van der Waals surface area contributed by atoms with Crippen LogP contribution >= 0.6 is 15.9 Å². The summed E-state index contributed by atoms with van der Waals surface area (Å²) < 4.78 is 19.8. The molecule has 0 spiro atoms. The Morgan fingerprint density at radius 2 is 2.10 bits per heavy atom. The molecule has 2 rings (SSSR count). The summed E-state index contributed by atoms with van der Waals surface area (Å²) in [5.74, 6) is 0.107. The van der Waals surface area contributed by atoms with E-state index >= 15 is 0 Å². The molecule has 20 heavy (non-hydrogen) atoms. The predicted molar refractivity (Wildman–Crippen MR) is 79.1 cm³/mol. The maximum Gasteiger partial charge on any atom is 0.410 e. The largest absolute Gasteiger partial charge is 0.444 e. The molecule has 1 heterocycles.